The van der Waals surface area contributed by atoms with E-state index < -0.39 is 0 Å². The molecule has 0 aliphatic heterocycles. The first-order chi connectivity index (χ1) is 8.70. The summed E-state index contributed by atoms with van der Waals surface area (Å²) >= 11 is 0. The van der Waals surface area contributed by atoms with Crippen LogP contribution in [0, 0.1) is 5.82 Å². The van der Waals surface area contributed by atoms with Crippen molar-refractivity contribution in [3.63, 3.8) is 0 Å². The summed E-state index contributed by atoms with van der Waals surface area (Å²) in [5.41, 5.74) is 0. The van der Waals surface area contributed by atoms with Crippen LogP contribution in [0.2, 0.25) is 0 Å². The van der Waals surface area contributed by atoms with Gasteiger partial charge < -0.3 is 14.7 Å². The van der Waals surface area contributed by atoms with Crippen LogP contribution in [0.25, 0.3) is 0 Å². The van der Waals surface area contributed by atoms with Crippen LogP contribution in [0.4, 0.5) is 4.39 Å². The minimum absolute atomic E-state index is 0.0429. The molecule has 1 aromatic rings. The molecule has 0 heterocycles. The Labute approximate surface area is 105 Å². The van der Waals surface area contributed by atoms with Crippen LogP contribution >= 0.6 is 0 Å². The highest BCUT2D eigenvalue weighted by Crippen LogP contribution is 2.26. The Morgan fingerprint density at radius 3 is 2.61 bits per heavy atom. The van der Waals surface area contributed by atoms with Gasteiger partial charge >= 0.3 is 0 Å². The summed E-state index contributed by atoms with van der Waals surface area (Å²) in [5, 5.41) is 8.90. The molecule has 5 heteroatoms. The van der Waals surface area contributed by atoms with Crippen molar-refractivity contribution in [1.82, 2.24) is 4.90 Å². The molecule has 1 saturated carbocycles. The Morgan fingerprint density at radius 2 is 2.06 bits per heavy atom. The van der Waals surface area contributed by atoms with Crippen LogP contribution in [-0.2, 0) is 4.79 Å². The van der Waals surface area contributed by atoms with Gasteiger partial charge in [0.1, 0.15) is 11.6 Å². The zero-order valence-electron chi connectivity index (χ0n) is 10.0. The van der Waals surface area contributed by atoms with Crippen LogP contribution in [0.3, 0.4) is 0 Å². The van der Waals surface area contributed by atoms with Crippen molar-refractivity contribution in [2.75, 3.05) is 19.8 Å². The van der Waals surface area contributed by atoms with Gasteiger partial charge in [0.25, 0.3) is 5.91 Å². The lowest BCUT2D eigenvalue weighted by Gasteiger charge is -2.21. The van der Waals surface area contributed by atoms with E-state index in [4.69, 9.17) is 9.84 Å². The average Bonchev–Trinajstić information content (AvgIpc) is 3.19. The Hall–Kier alpha value is -1.62. The summed E-state index contributed by atoms with van der Waals surface area (Å²) in [7, 11) is 0. The highest BCUT2D eigenvalue weighted by molar-refractivity contribution is 5.78. The smallest absolute Gasteiger partial charge is 0.260 e. The highest BCUT2D eigenvalue weighted by atomic mass is 19.1. The summed E-state index contributed by atoms with van der Waals surface area (Å²) in [6, 6.07) is 5.78. The van der Waals surface area contributed by atoms with Gasteiger partial charge in [0.2, 0.25) is 0 Å². The summed E-state index contributed by atoms with van der Waals surface area (Å²) in [6.07, 6.45) is 1.98. The van der Waals surface area contributed by atoms with E-state index in [-0.39, 0.29) is 31.0 Å². The molecule has 18 heavy (non-hydrogen) atoms. The molecule has 98 valence electrons. The number of halogens is 1. The molecule has 1 N–H and O–H groups in total. The zero-order chi connectivity index (χ0) is 13.0. The van der Waals surface area contributed by atoms with E-state index in [1.165, 1.54) is 24.3 Å². The highest BCUT2D eigenvalue weighted by Gasteiger charge is 2.32. The van der Waals surface area contributed by atoms with E-state index in [0.717, 1.165) is 12.8 Å². The molecule has 0 radical (unpaired) electrons. The van der Waals surface area contributed by atoms with E-state index in [1.54, 1.807) is 4.90 Å². The Balaban J connectivity index is 1.84. The molecule has 0 aromatic heterocycles. The monoisotopic (exact) mass is 253 g/mol. The summed E-state index contributed by atoms with van der Waals surface area (Å²) < 4.78 is 18.0. The lowest BCUT2D eigenvalue weighted by Crippen LogP contribution is -2.38. The fraction of sp³-hybridized carbons (Fsp3) is 0.462. The third-order valence-electron chi connectivity index (χ3n) is 2.82. The fourth-order valence-corrected chi connectivity index (χ4v) is 1.76. The molecule has 1 aliphatic rings. The lowest BCUT2D eigenvalue weighted by molar-refractivity contribution is -0.134. The number of nitrogens with zero attached hydrogens (tertiary/aromatic N) is 1. The average molecular weight is 253 g/mol. The summed E-state index contributed by atoms with van der Waals surface area (Å²) in [6.45, 7) is 0.219. The van der Waals surface area contributed by atoms with Crippen LogP contribution < -0.4 is 4.74 Å². The number of hydrogen-bond donors (Lipinski definition) is 1. The number of aliphatic hydroxyl groups is 1. The van der Waals surface area contributed by atoms with Gasteiger partial charge in [0.15, 0.2) is 6.61 Å². The second kappa shape index (κ2) is 5.82. The Bertz CT molecular complexity index is 403. The molecule has 0 atom stereocenters. The third-order valence-corrected chi connectivity index (χ3v) is 2.82. The van der Waals surface area contributed by atoms with Gasteiger partial charge in [-0.3, -0.25) is 4.79 Å². The van der Waals surface area contributed by atoms with Gasteiger partial charge in [-0.2, -0.15) is 0 Å². The number of rotatable bonds is 6. The normalized spacial score (nSPS) is 14.3. The molecular weight excluding hydrogens is 237 g/mol. The number of benzene rings is 1. The van der Waals surface area contributed by atoms with E-state index in [1.807, 2.05) is 0 Å². The molecule has 0 spiro atoms. The largest absolute Gasteiger partial charge is 0.484 e. The van der Waals surface area contributed by atoms with Crippen molar-refractivity contribution in [2.45, 2.75) is 18.9 Å². The maximum atomic E-state index is 12.7. The maximum Gasteiger partial charge on any atom is 0.260 e. The van der Waals surface area contributed by atoms with Crippen molar-refractivity contribution in [3.05, 3.63) is 30.1 Å². The summed E-state index contributed by atoms with van der Waals surface area (Å²) in [4.78, 5) is 13.5. The topological polar surface area (TPSA) is 49.8 Å². The van der Waals surface area contributed by atoms with Crippen LogP contribution in [0.15, 0.2) is 24.3 Å². The number of hydrogen-bond acceptors (Lipinski definition) is 3. The molecule has 2 rings (SSSR count). The number of ether oxygens (including phenoxy) is 1. The van der Waals surface area contributed by atoms with Crippen LogP contribution in [0.1, 0.15) is 12.8 Å². The molecule has 0 bridgehead atoms. The van der Waals surface area contributed by atoms with Crippen molar-refractivity contribution in [1.29, 1.82) is 0 Å². The molecule has 1 fully saturated rings. The molecule has 1 amide bonds. The first kappa shape index (κ1) is 12.8. The SMILES string of the molecule is O=C(COc1ccc(F)cc1)N(CCO)C1CC1. The van der Waals surface area contributed by atoms with Gasteiger partial charge in [-0.1, -0.05) is 0 Å². The van der Waals surface area contributed by atoms with E-state index >= 15 is 0 Å². The second-order valence-corrected chi connectivity index (χ2v) is 4.28. The first-order valence-electron chi connectivity index (χ1n) is 5.99. The van der Waals surface area contributed by atoms with Crippen molar-refractivity contribution < 1.29 is 19.0 Å². The lowest BCUT2D eigenvalue weighted by atomic mass is 10.3. The van der Waals surface area contributed by atoms with E-state index in [2.05, 4.69) is 0 Å². The standard InChI is InChI=1S/C13H16FNO3/c14-10-1-5-12(6-2-10)18-9-13(17)15(7-8-16)11-3-4-11/h1-2,5-6,11,16H,3-4,7-9H2. The second-order valence-electron chi connectivity index (χ2n) is 4.28. The van der Waals surface area contributed by atoms with Gasteiger partial charge in [0, 0.05) is 12.6 Å². The third kappa shape index (κ3) is 3.43. The Morgan fingerprint density at radius 1 is 1.39 bits per heavy atom. The Kier molecular flexibility index (Phi) is 4.15. The van der Waals surface area contributed by atoms with Gasteiger partial charge in [-0.25, -0.2) is 4.39 Å². The molecule has 0 saturated heterocycles. The first-order valence-corrected chi connectivity index (χ1v) is 5.99. The summed E-state index contributed by atoms with van der Waals surface area (Å²) in [5.74, 6) is -0.0195. The maximum absolute atomic E-state index is 12.7. The molecular formula is C13H16FNO3. The number of carbonyl (C=O) groups is 1. The molecule has 0 unspecified atom stereocenters. The molecule has 1 aromatic carbocycles. The number of amides is 1. The van der Waals surface area contributed by atoms with E-state index in [9.17, 15) is 9.18 Å². The van der Waals surface area contributed by atoms with Crippen molar-refractivity contribution in [3.8, 4) is 5.75 Å². The predicted octanol–water partition coefficient (Wildman–Crippen LogP) is 1.19. The van der Waals surface area contributed by atoms with Gasteiger partial charge in [0.05, 0.1) is 6.61 Å². The van der Waals surface area contributed by atoms with Crippen LogP contribution in [0.5, 0.6) is 5.75 Å². The minimum atomic E-state index is -0.339. The van der Waals surface area contributed by atoms with Crippen molar-refractivity contribution >= 4 is 5.91 Å². The van der Waals surface area contributed by atoms with Crippen molar-refractivity contribution in [2.24, 2.45) is 0 Å². The molecule has 4 nitrogen and oxygen atoms in total. The predicted molar refractivity (Wildman–Crippen MR) is 63.7 cm³/mol. The van der Waals surface area contributed by atoms with E-state index in [0.29, 0.717) is 12.3 Å². The fourth-order valence-electron chi connectivity index (χ4n) is 1.76. The molecule has 1 aliphatic carbocycles. The quantitative estimate of drug-likeness (QED) is 0.828. The minimum Gasteiger partial charge on any atom is -0.484 e. The number of carbonyl (C=O) groups excluding carboxylic acids is 1. The van der Waals surface area contributed by atoms with Gasteiger partial charge in [-0.05, 0) is 37.1 Å². The number of aliphatic hydroxyl groups excluding tert-OH is 1. The van der Waals surface area contributed by atoms with Crippen LogP contribution in [-0.4, -0.2) is 41.7 Å². The zero-order valence-corrected chi connectivity index (χ0v) is 10.0. The van der Waals surface area contributed by atoms with Gasteiger partial charge in [-0.15, -0.1) is 0 Å².